The van der Waals surface area contributed by atoms with Crippen molar-refractivity contribution in [2.45, 2.75) is 13.1 Å². The normalized spacial score (nSPS) is 11.0. The number of fused-ring (bicyclic) bond motifs is 1. The molecule has 6 rings (SSSR count). The summed E-state index contributed by atoms with van der Waals surface area (Å²) in [6.07, 6.45) is 2.03. The molecule has 10 nitrogen and oxygen atoms in total. The standard InChI is InChI=1S/C27H20N8.C2HF3O2/c1-18-8-9-19(15-29-18)23-6-4-5-20-16-30-27(33-25(20)23)32-21-10-12-22(13-11-21)35-17-31-26(34-35)24-7-2-3-14-28-24;3-2(4,5)1(6)7/h2-17H,1H3,(H,30,32,33);(H,6,7). The minimum atomic E-state index is -5.08. The molecule has 0 saturated heterocycles. The number of aryl methyl sites for hydroxylation is 1. The van der Waals surface area contributed by atoms with Crippen molar-refractivity contribution in [3.05, 3.63) is 103 Å². The van der Waals surface area contributed by atoms with Crippen LogP contribution in [0.3, 0.4) is 0 Å². The van der Waals surface area contributed by atoms with Crippen molar-refractivity contribution in [3.8, 4) is 28.3 Å². The quantitative estimate of drug-likeness (QED) is 0.255. The van der Waals surface area contributed by atoms with Crippen molar-refractivity contribution < 1.29 is 23.1 Å². The van der Waals surface area contributed by atoms with Crippen LogP contribution in [0.25, 0.3) is 39.2 Å². The number of aliphatic carboxylic acids is 1. The predicted octanol–water partition coefficient (Wildman–Crippen LogP) is 6.02. The van der Waals surface area contributed by atoms with Gasteiger partial charge in [0.1, 0.15) is 12.0 Å². The Morgan fingerprint density at radius 1 is 0.881 bits per heavy atom. The van der Waals surface area contributed by atoms with E-state index < -0.39 is 12.1 Å². The Kier molecular flexibility index (Phi) is 7.82. The number of pyridine rings is 2. The number of carboxylic acid groups (broad SMARTS) is 1. The first-order chi connectivity index (χ1) is 20.2. The summed E-state index contributed by atoms with van der Waals surface area (Å²) >= 11 is 0. The first-order valence-corrected chi connectivity index (χ1v) is 12.4. The third kappa shape index (κ3) is 6.53. The van der Waals surface area contributed by atoms with Crippen LogP contribution in [0.5, 0.6) is 0 Å². The molecule has 0 aliphatic rings. The van der Waals surface area contributed by atoms with Crippen molar-refractivity contribution in [2.24, 2.45) is 0 Å². The summed E-state index contributed by atoms with van der Waals surface area (Å²) in [5.74, 6) is -1.65. The second-order valence-electron chi connectivity index (χ2n) is 8.83. The van der Waals surface area contributed by atoms with E-state index in [1.165, 1.54) is 0 Å². The van der Waals surface area contributed by atoms with E-state index in [1.807, 2.05) is 80.0 Å². The summed E-state index contributed by atoms with van der Waals surface area (Å²) in [5, 5.41) is 15.9. The van der Waals surface area contributed by atoms with Gasteiger partial charge in [-0.15, -0.1) is 5.10 Å². The van der Waals surface area contributed by atoms with E-state index in [-0.39, 0.29) is 0 Å². The van der Waals surface area contributed by atoms with Crippen molar-refractivity contribution in [1.82, 2.24) is 34.7 Å². The summed E-state index contributed by atoms with van der Waals surface area (Å²) in [5.41, 5.74) is 6.38. The van der Waals surface area contributed by atoms with Gasteiger partial charge in [-0.2, -0.15) is 13.2 Å². The van der Waals surface area contributed by atoms with Gasteiger partial charge in [-0.05, 0) is 49.4 Å². The van der Waals surface area contributed by atoms with Crippen LogP contribution < -0.4 is 5.32 Å². The fourth-order valence-corrected chi connectivity index (χ4v) is 3.80. The van der Waals surface area contributed by atoms with E-state index in [1.54, 1.807) is 17.2 Å². The summed E-state index contributed by atoms with van der Waals surface area (Å²) < 4.78 is 33.5. The van der Waals surface area contributed by atoms with Crippen LogP contribution >= 0.6 is 0 Å². The van der Waals surface area contributed by atoms with Crippen LogP contribution in [-0.2, 0) is 4.79 Å². The molecule has 0 bridgehead atoms. The smallest absolute Gasteiger partial charge is 0.475 e. The lowest BCUT2D eigenvalue weighted by molar-refractivity contribution is -0.192. The molecule has 0 spiro atoms. The van der Waals surface area contributed by atoms with Crippen molar-refractivity contribution in [2.75, 3.05) is 5.32 Å². The number of carboxylic acids is 1. The van der Waals surface area contributed by atoms with E-state index in [9.17, 15) is 13.2 Å². The zero-order valence-electron chi connectivity index (χ0n) is 21.9. The molecular weight excluding hydrogens is 549 g/mol. The molecule has 2 aromatic carbocycles. The van der Waals surface area contributed by atoms with Gasteiger partial charge >= 0.3 is 12.1 Å². The average molecular weight is 571 g/mol. The topological polar surface area (TPSA) is 132 Å². The molecule has 0 atom stereocenters. The minimum Gasteiger partial charge on any atom is -0.475 e. The molecule has 0 aliphatic carbocycles. The number of nitrogens with one attached hydrogen (secondary N) is 1. The Morgan fingerprint density at radius 2 is 1.67 bits per heavy atom. The highest BCUT2D eigenvalue weighted by molar-refractivity contribution is 5.93. The molecule has 6 aromatic rings. The highest BCUT2D eigenvalue weighted by Crippen LogP contribution is 2.28. The number of rotatable bonds is 5. The number of nitrogens with zero attached hydrogens (tertiary/aromatic N) is 7. The predicted molar refractivity (Wildman–Crippen MR) is 149 cm³/mol. The first kappa shape index (κ1) is 27.8. The van der Waals surface area contributed by atoms with E-state index in [4.69, 9.17) is 14.9 Å². The molecule has 0 fully saturated rings. The van der Waals surface area contributed by atoms with Gasteiger partial charge < -0.3 is 10.4 Å². The molecule has 0 radical (unpaired) electrons. The van der Waals surface area contributed by atoms with Crippen LogP contribution in [0.2, 0.25) is 0 Å². The van der Waals surface area contributed by atoms with Crippen LogP contribution in [0.15, 0.2) is 97.7 Å². The Balaban J connectivity index is 0.000000451. The third-order valence-electron chi connectivity index (χ3n) is 5.85. The van der Waals surface area contributed by atoms with Crippen LogP contribution in [-0.4, -0.2) is 52.0 Å². The maximum atomic E-state index is 10.6. The van der Waals surface area contributed by atoms with Gasteiger partial charge in [0.15, 0.2) is 5.82 Å². The molecule has 0 aliphatic heterocycles. The van der Waals surface area contributed by atoms with Crippen LogP contribution in [0.4, 0.5) is 24.8 Å². The summed E-state index contributed by atoms with van der Waals surface area (Å²) in [7, 11) is 0. The van der Waals surface area contributed by atoms with Crippen LogP contribution in [0.1, 0.15) is 5.69 Å². The number of aromatic nitrogens is 7. The number of hydrogen-bond acceptors (Lipinski definition) is 8. The van der Waals surface area contributed by atoms with Crippen LogP contribution in [0, 0.1) is 6.92 Å². The fraction of sp³-hybridized carbons (Fsp3) is 0.0690. The Bertz CT molecular complexity index is 1830. The molecular formula is C29H21F3N8O2. The van der Waals surface area contributed by atoms with E-state index in [0.29, 0.717) is 11.8 Å². The third-order valence-corrected chi connectivity index (χ3v) is 5.85. The zero-order valence-corrected chi connectivity index (χ0v) is 21.9. The number of benzene rings is 2. The number of hydrogen-bond donors (Lipinski definition) is 2. The lowest BCUT2D eigenvalue weighted by Crippen LogP contribution is -2.21. The van der Waals surface area contributed by atoms with Gasteiger partial charge in [-0.1, -0.05) is 30.3 Å². The maximum Gasteiger partial charge on any atom is 0.490 e. The Morgan fingerprint density at radius 3 is 2.33 bits per heavy atom. The second-order valence-corrected chi connectivity index (χ2v) is 8.83. The maximum absolute atomic E-state index is 10.6. The van der Waals surface area contributed by atoms with Crippen molar-refractivity contribution in [3.63, 3.8) is 0 Å². The first-order valence-electron chi connectivity index (χ1n) is 12.4. The number of para-hydroxylation sites is 1. The largest absolute Gasteiger partial charge is 0.490 e. The lowest BCUT2D eigenvalue weighted by Gasteiger charge is -2.10. The highest BCUT2D eigenvalue weighted by atomic mass is 19.4. The number of anilines is 2. The molecule has 4 heterocycles. The molecule has 4 aromatic heterocycles. The highest BCUT2D eigenvalue weighted by Gasteiger charge is 2.38. The molecule has 2 N–H and O–H groups in total. The van der Waals surface area contributed by atoms with Gasteiger partial charge in [0, 0.05) is 46.5 Å². The SMILES string of the molecule is Cc1ccc(-c2cccc3cnc(Nc4ccc(-n5cnc(-c6ccccn6)n5)cc4)nc23)cn1.O=C(O)C(F)(F)F. The van der Waals surface area contributed by atoms with E-state index in [2.05, 4.69) is 42.5 Å². The van der Waals surface area contributed by atoms with E-state index in [0.717, 1.165) is 44.8 Å². The summed E-state index contributed by atoms with van der Waals surface area (Å²) in [6.45, 7) is 1.98. The van der Waals surface area contributed by atoms with Gasteiger partial charge in [0.05, 0.1) is 11.2 Å². The Hall–Kier alpha value is -5.72. The van der Waals surface area contributed by atoms with Gasteiger partial charge in [0.25, 0.3) is 0 Å². The molecule has 13 heteroatoms. The fourth-order valence-electron chi connectivity index (χ4n) is 3.80. The number of halogens is 3. The molecule has 210 valence electrons. The molecule has 0 amide bonds. The zero-order chi connectivity index (χ0) is 29.7. The average Bonchev–Trinajstić information content (AvgIpc) is 3.49. The lowest BCUT2D eigenvalue weighted by atomic mass is 10.0. The van der Waals surface area contributed by atoms with E-state index >= 15 is 0 Å². The second kappa shape index (κ2) is 11.8. The minimum absolute atomic E-state index is 0.524. The van der Waals surface area contributed by atoms with Gasteiger partial charge in [-0.25, -0.2) is 24.4 Å². The molecule has 0 unspecified atom stereocenters. The van der Waals surface area contributed by atoms with Crippen molar-refractivity contribution in [1.29, 1.82) is 0 Å². The monoisotopic (exact) mass is 570 g/mol. The molecule has 42 heavy (non-hydrogen) atoms. The Labute approximate surface area is 236 Å². The van der Waals surface area contributed by atoms with Crippen molar-refractivity contribution >= 4 is 28.5 Å². The van der Waals surface area contributed by atoms with Gasteiger partial charge in [-0.3, -0.25) is 9.97 Å². The van der Waals surface area contributed by atoms with Gasteiger partial charge in [0.2, 0.25) is 5.95 Å². The summed E-state index contributed by atoms with van der Waals surface area (Å²) in [4.78, 5) is 31.3. The number of alkyl halides is 3. The summed E-state index contributed by atoms with van der Waals surface area (Å²) in [6, 6.07) is 23.7. The number of carbonyl (C=O) groups is 1. The molecule has 0 saturated carbocycles.